The van der Waals surface area contributed by atoms with Crippen LogP contribution in [-0.2, 0) is 0 Å². The van der Waals surface area contributed by atoms with Gasteiger partial charge in [0.15, 0.2) is 0 Å². The minimum Gasteiger partial charge on any atom is -0.497 e. The Kier molecular flexibility index (Phi) is 3.81. The summed E-state index contributed by atoms with van der Waals surface area (Å²) < 4.78 is 5.00. The fourth-order valence-electron chi connectivity index (χ4n) is 1.38. The van der Waals surface area contributed by atoms with E-state index in [0.717, 1.165) is 0 Å². The Hall–Kier alpha value is -1.66. The predicted molar refractivity (Wildman–Crippen MR) is 60.2 cm³/mol. The Labute approximate surface area is 93.3 Å². The van der Waals surface area contributed by atoms with Gasteiger partial charge in [0.25, 0.3) is 5.69 Å². The van der Waals surface area contributed by atoms with Crippen LogP contribution in [0, 0.1) is 10.1 Å². The van der Waals surface area contributed by atoms with Gasteiger partial charge in [-0.1, -0.05) is 0 Å². The highest BCUT2D eigenvalue weighted by Gasteiger charge is 2.22. The van der Waals surface area contributed by atoms with Gasteiger partial charge in [-0.2, -0.15) is 0 Å². The van der Waals surface area contributed by atoms with E-state index in [2.05, 4.69) is 0 Å². The molecule has 0 aliphatic carbocycles. The van der Waals surface area contributed by atoms with E-state index < -0.39 is 11.0 Å². The first kappa shape index (κ1) is 12.4. The van der Waals surface area contributed by atoms with Crippen LogP contribution in [0.5, 0.6) is 5.75 Å². The van der Waals surface area contributed by atoms with Gasteiger partial charge in [0.1, 0.15) is 5.75 Å². The maximum absolute atomic E-state index is 10.8. The number of hydrogen-bond donors (Lipinski definition) is 2. The zero-order chi connectivity index (χ0) is 12.3. The molecule has 0 aliphatic rings. The van der Waals surface area contributed by atoms with Crippen molar-refractivity contribution >= 4 is 5.69 Å². The van der Waals surface area contributed by atoms with Gasteiger partial charge in [-0.25, -0.2) is 0 Å². The van der Waals surface area contributed by atoms with Crippen molar-refractivity contribution in [1.82, 2.24) is 0 Å². The first-order valence-corrected chi connectivity index (χ1v) is 4.81. The molecule has 16 heavy (non-hydrogen) atoms. The van der Waals surface area contributed by atoms with Crippen molar-refractivity contribution in [3.63, 3.8) is 0 Å². The second-order valence-electron chi connectivity index (χ2n) is 3.57. The largest absolute Gasteiger partial charge is 0.497 e. The van der Waals surface area contributed by atoms with E-state index in [9.17, 15) is 10.1 Å². The van der Waals surface area contributed by atoms with Crippen LogP contribution in [0.4, 0.5) is 5.69 Å². The number of nitrogens with two attached hydrogens (primary N) is 2. The van der Waals surface area contributed by atoms with Gasteiger partial charge in [-0.3, -0.25) is 10.1 Å². The van der Waals surface area contributed by atoms with Gasteiger partial charge in [0.05, 0.1) is 23.6 Å². The standard InChI is InChI=1S/C10H15N3O3/c1-6(11)10(12)8-5-7(16-2)3-4-9(8)13(14)15/h3-6,10H,11-12H2,1-2H3. The van der Waals surface area contributed by atoms with Crippen molar-refractivity contribution < 1.29 is 9.66 Å². The van der Waals surface area contributed by atoms with Crippen molar-refractivity contribution in [2.75, 3.05) is 7.11 Å². The van der Waals surface area contributed by atoms with E-state index in [1.165, 1.54) is 19.2 Å². The molecule has 0 saturated carbocycles. The van der Waals surface area contributed by atoms with Gasteiger partial charge >= 0.3 is 0 Å². The monoisotopic (exact) mass is 225 g/mol. The summed E-state index contributed by atoms with van der Waals surface area (Å²) in [6.45, 7) is 1.70. The van der Waals surface area contributed by atoms with Gasteiger partial charge in [0.2, 0.25) is 0 Å². The second kappa shape index (κ2) is 4.91. The Bertz CT molecular complexity index is 393. The zero-order valence-corrected chi connectivity index (χ0v) is 9.21. The van der Waals surface area contributed by atoms with Gasteiger partial charge < -0.3 is 16.2 Å². The smallest absolute Gasteiger partial charge is 0.274 e. The van der Waals surface area contributed by atoms with Gasteiger partial charge in [0, 0.05) is 12.1 Å². The number of methoxy groups -OCH3 is 1. The van der Waals surface area contributed by atoms with Crippen LogP contribution in [-0.4, -0.2) is 18.1 Å². The van der Waals surface area contributed by atoms with Crippen LogP contribution >= 0.6 is 0 Å². The molecule has 0 saturated heterocycles. The van der Waals surface area contributed by atoms with Crippen LogP contribution in [0.2, 0.25) is 0 Å². The van der Waals surface area contributed by atoms with Crippen molar-refractivity contribution in [1.29, 1.82) is 0 Å². The molecule has 2 unspecified atom stereocenters. The summed E-state index contributed by atoms with van der Waals surface area (Å²) in [5, 5.41) is 10.8. The third-order valence-electron chi connectivity index (χ3n) is 2.36. The lowest BCUT2D eigenvalue weighted by molar-refractivity contribution is -0.385. The minimum atomic E-state index is -0.588. The quantitative estimate of drug-likeness (QED) is 0.586. The number of nitro groups is 1. The summed E-state index contributed by atoms with van der Waals surface area (Å²) in [6, 6.07) is 3.49. The molecular weight excluding hydrogens is 210 g/mol. The van der Waals surface area contributed by atoms with Crippen molar-refractivity contribution in [3.05, 3.63) is 33.9 Å². The fourth-order valence-corrected chi connectivity index (χ4v) is 1.38. The van der Waals surface area contributed by atoms with Gasteiger partial charge in [-0.05, 0) is 19.1 Å². The minimum absolute atomic E-state index is 0.0365. The highest BCUT2D eigenvalue weighted by Crippen LogP contribution is 2.29. The maximum atomic E-state index is 10.8. The van der Waals surface area contributed by atoms with E-state index >= 15 is 0 Å². The summed E-state index contributed by atoms with van der Waals surface area (Å²) in [6.07, 6.45) is 0. The molecule has 0 spiro atoms. The summed E-state index contributed by atoms with van der Waals surface area (Å²) >= 11 is 0. The Balaban J connectivity index is 3.25. The lowest BCUT2D eigenvalue weighted by Crippen LogP contribution is -2.31. The van der Waals surface area contributed by atoms with E-state index in [1.807, 2.05) is 0 Å². The molecule has 6 nitrogen and oxygen atoms in total. The first-order valence-electron chi connectivity index (χ1n) is 4.81. The van der Waals surface area contributed by atoms with E-state index in [1.54, 1.807) is 13.0 Å². The highest BCUT2D eigenvalue weighted by molar-refractivity contribution is 5.47. The lowest BCUT2D eigenvalue weighted by atomic mass is 10.00. The molecule has 1 aromatic carbocycles. The molecule has 6 heteroatoms. The average molecular weight is 225 g/mol. The number of hydrogen-bond acceptors (Lipinski definition) is 5. The molecule has 0 aromatic heterocycles. The predicted octanol–water partition coefficient (Wildman–Crippen LogP) is 0.950. The normalized spacial score (nSPS) is 14.2. The Morgan fingerprint density at radius 2 is 2.06 bits per heavy atom. The summed E-state index contributed by atoms with van der Waals surface area (Å²) in [7, 11) is 1.49. The zero-order valence-electron chi connectivity index (χ0n) is 9.21. The third-order valence-corrected chi connectivity index (χ3v) is 2.36. The molecule has 0 bridgehead atoms. The van der Waals surface area contributed by atoms with Crippen molar-refractivity contribution in [3.8, 4) is 5.75 Å². The van der Waals surface area contributed by atoms with Crippen LogP contribution in [0.25, 0.3) is 0 Å². The fraction of sp³-hybridized carbons (Fsp3) is 0.400. The van der Waals surface area contributed by atoms with E-state index in [-0.39, 0.29) is 11.7 Å². The van der Waals surface area contributed by atoms with Gasteiger partial charge in [-0.15, -0.1) is 0 Å². The summed E-state index contributed by atoms with van der Waals surface area (Å²) in [5.74, 6) is 0.525. The van der Waals surface area contributed by atoms with Crippen molar-refractivity contribution in [2.45, 2.75) is 19.0 Å². The maximum Gasteiger partial charge on any atom is 0.274 e. The highest BCUT2D eigenvalue weighted by atomic mass is 16.6. The van der Waals surface area contributed by atoms with Crippen LogP contribution in [0.15, 0.2) is 18.2 Å². The molecule has 0 amide bonds. The molecule has 2 atom stereocenters. The molecule has 1 aromatic rings. The molecule has 1 rings (SSSR count). The van der Waals surface area contributed by atoms with E-state index in [4.69, 9.17) is 16.2 Å². The lowest BCUT2D eigenvalue weighted by Gasteiger charge is -2.16. The molecule has 0 aliphatic heterocycles. The van der Waals surface area contributed by atoms with Crippen LogP contribution < -0.4 is 16.2 Å². The second-order valence-corrected chi connectivity index (χ2v) is 3.57. The van der Waals surface area contributed by atoms with E-state index in [0.29, 0.717) is 11.3 Å². The van der Waals surface area contributed by atoms with Crippen LogP contribution in [0.3, 0.4) is 0 Å². The summed E-state index contributed by atoms with van der Waals surface area (Å²) in [4.78, 5) is 10.3. The molecule has 4 N–H and O–H groups in total. The molecular formula is C10H15N3O3. The molecule has 0 fully saturated rings. The number of rotatable bonds is 4. The topological polar surface area (TPSA) is 104 Å². The van der Waals surface area contributed by atoms with Crippen molar-refractivity contribution in [2.24, 2.45) is 11.5 Å². The number of nitrogens with zero attached hydrogens (tertiary/aromatic N) is 1. The number of ether oxygens (including phenoxy) is 1. The SMILES string of the molecule is COc1ccc([N+](=O)[O-])c(C(N)C(C)N)c1. The van der Waals surface area contributed by atoms with Crippen LogP contribution in [0.1, 0.15) is 18.5 Å². The summed E-state index contributed by atoms with van der Waals surface area (Å²) in [5.41, 5.74) is 11.8. The number of benzene rings is 1. The Morgan fingerprint density at radius 3 is 2.50 bits per heavy atom. The molecule has 0 radical (unpaired) electrons. The molecule has 0 heterocycles. The molecule has 88 valence electrons. The third kappa shape index (κ3) is 2.47. The average Bonchev–Trinajstić information content (AvgIpc) is 2.26. The number of nitro benzene ring substituents is 1. The Morgan fingerprint density at radius 1 is 1.44 bits per heavy atom. The first-order chi connectivity index (χ1) is 7.47.